The van der Waals surface area contributed by atoms with Crippen LogP contribution in [0, 0.1) is 13.8 Å². The highest BCUT2D eigenvalue weighted by molar-refractivity contribution is 7.12. The first-order valence-electron chi connectivity index (χ1n) is 10.7. The summed E-state index contributed by atoms with van der Waals surface area (Å²) in [6, 6.07) is 9.95. The van der Waals surface area contributed by atoms with Gasteiger partial charge < -0.3 is 10.0 Å². The van der Waals surface area contributed by atoms with Crippen LogP contribution < -0.4 is 10.6 Å². The van der Waals surface area contributed by atoms with Crippen LogP contribution in [0.15, 0.2) is 41.2 Å². The summed E-state index contributed by atoms with van der Waals surface area (Å²) in [5.41, 5.74) is 2.22. The molecule has 8 heteroatoms. The number of β-amino-alcohol motifs (C(OH)–C–C–N with tert-alkyl or cyclic N) is 1. The first-order valence-corrected chi connectivity index (χ1v) is 11.6. The second-order valence-corrected chi connectivity index (χ2v) is 10.4. The number of aryl methyl sites for hydroxylation is 2. The molecule has 32 heavy (non-hydrogen) atoms. The molecule has 0 bridgehead atoms. The van der Waals surface area contributed by atoms with Gasteiger partial charge in [0, 0.05) is 27.6 Å². The summed E-state index contributed by atoms with van der Waals surface area (Å²) < 4.78 is 1.60. The lowest BCUT2D eigenvalue weighted by Crippen LogP contribution is -2.40. The Labute approximate surface area is 192 Å². The maximum atomic E-state index is 12.8. The van der Waals surface area contributed by atoms with Crippen LogP contribution in [0.2, 0.25) is 0 Å². The summed E-state index contributed by atoms with van der Waals surface area (Å²) in [6.07, 6.45) is 1.20. The fourth-order valence-corrected chi connectivity index (χ4v) is 4.78. The molecule has 1 atom stereocenters. The molecule has 0 spiro atoms. The Bertz CT molecular complexity index is 1220. The molecule has 3 aromatic heterocycles. The lowest BCUT2D eigenvalue weighted by molar-refractivity contribution is 0.233. The number of aliphatic hydroxyl groups is 1. The minimum Gasteiger partial charge on any atom is -0.386 e. The van der Waals surface area contributed by atoms with Crippen molar-refractivity contribution in [3.8, 4) is 0 Å². The Morgan fingerprint density at radius 1 is 1.12 bits per heavy atom. The number of hydrogen-bond acceptors (Lipinski definition) is 7. The third-order valence-electron chi connectivity index (χ3n) is 5.54. The molecule has 168 valence electrons. The van der Waals surface area contributed by atoms with Crippen LogP contribution in [-0.4, -0.2) is 43.8 Å². The van der Waals surface area contributed by atoms with E-state index in [-0.39, 0.29) is 11.1 Å². The number of nitrogens with zero attached hydrogens (tertiary/aromatic N) is 5. The molecule has 0 aromatic carbocycles. The molecule has 7 nitrogen and oxygen atoms in total. The molecule has 1 aliphatic rings. The number of aromatic nitrogens is 4. The summed E-state index contributed by atoms with van der Waals surface area (Å²) in [7, 11) is 0. The Kier molecular flexibility index (Phi) is 6.01. The van der Waals surface area contributed by atoms with E-state index in [1.165, 1.54) is 4.88 Å². The van der Waals surface area contributed by atoms with Crippen molar-refractivity contribution in [2.75, 3.05) is 18.0 Å². The summed E-state index contributed by atoms with van der Waals surface area (Å²) >= 11 is 1.71. The molecule has 0 amide bonds. The third-order valence-corrected chi connectivity index (χ3v) is 7.04. The molecular weight excluding hydrogens is 422 g/mol. The summed E-state index contributed by atoms with van der Waals surface area (Å²) in [6.45, 7) is 11.6. The molecule has 0 unspecified atom stereocenters. The molecular formula is C24H29N5O2S. The monoisotopic (exact) mass is 451 g/mol. The number of hydrogen-bond donors (Lipinski definition) is 1. The molecule has 4 heterocycles. The lowest BCUT2D eigenvalue weighted by Gasteiger charge is -2.30. The van der Waals surface area contributed by atoms with Gasteiger partial charge in [-0.25, -0.2) is 4.79 Å². The maximum absolute atomic E-state index is 12.8. The van der Waals surface area contributed by atoms with E-state index in [0.717, 1.165) is 21.8 Å². The first kappa shape index (κ1) is 22.4. The van der Waals surface area contributed by atoms with Gasteiger partial charge in [-0.3, -0.25) is 9.55 Å². The number of aliphatic hydroxyl groups excluding tert-OH is 1. The summed E-state index contributed by atoms with van der Waals surface area (Å²) in [5, 5.41) is 10.7. The van der Waals surface area contributed by atoms with Crippen LogP contribution in [0.25, 0.3) is 5.57 Å². The van der Waals surface area contributed by atoms with E-state index in [2.05, 4.69) is 47.9 Å². The van der Waals surface area contributed by atoms with Crippen LogP contribution in [0.1, 0.15) is 47.7 Å². The van der Waals surface area contributed by atoms with E-state index in [4.69, 9.17) is 0 Å². The maximum Gasteiger partial charge on any atom is 0.352 e. The molecule has 1 aliphatic heterocycles. The van der Waals surface area contributed by atoms with E-state index in [1.54, 1.807) is 15.9 Å². The average Bonchev–Trinajstić information content (AvgIpc) is 3.20. The molecule has 0 aliphatic carbocycles. The number of rotatable bonds is 4. The van der Waals surface area contributed by atoms with E-state index in [9.17, 15) is 9.90 Å². The summed E-state index contributed by atoms with van der Waals surface area (Å²) in [4.78, 5) is 30.3. The molecule has 4 rings (SSSR count). The molecule has 0 saturated heterocycles. The van der Waals surface area contributed by atoms with Gasteiger partial charge in [-0.05, 0) is 43.5 Å². The standard InChI is InChI=1S/C24H29N5O2S/c1-15-7-6-8-19(25-15)18-11-12-28(14-20(18)30)22-26-16(2)29(23(31)27-22)13-17-9-10-21(32-17)24(3,4)5/h6-11,20,30H,12-14H2,1-5H3/t20-/m0/s1. The van der Waals surface area contributed by atoms with Crippen LogP contribution >= 0.6 is 11.3 Å². The fourth-order valence-electron chi connectivity index (χ4n) is 3.73. The van der Waals surface area contributed by atoms with Gasteiger partial charge in [0.05, 0.1) is 24.9 Å². The first-order chi connectivity index (χ1) is 15.1. The van der Waals surface area contributed by atoms with E-state index < -0.39 is 6.10 Å². The van der Waals surface area contributed by atoms with Crippen LogP contribution in [-0.2, 0) is 12.0 Å². The van der Waals surface area contributed by atoms with Crippen LogP contribution in [0.4, 0.5) is 5.95 Å². The number of anilines is 1. The molecule has 0 radical (unpaired) electrons. The van der Waals surface area contributed by atoms with Crippen molar-refractivity contribution in [1.82, 2.24) is 19.5 Å². The molecule has 0 fully saturated rings. The van der Waals surface area contributed by atoms with Gasteiger partial charge in [-0.15, -0.1) is 11.3 Å². The highest BCUT2D eigenvalue weighted by Crippen LogP contribution is 2.30. The predicted molar refractivity (Wildman–Crippen MR) is 128 cm³/mol. The largest absolute Gasteiger partial charge is 0.386 e. The second-order valence-electron chi connectivity index (χ2n) is 9.20. The fraction of sp³-hybridized carbons (Fsp3) is 0.417. The molecule has 0 saturated carbocycles. The SMILES string of the molecule is Cc1cccc(C2=CCN(c3nc(C)n(Cc4ccc(C(C)(C)C)s4)c(=O)n3)C[C@@H]2O)n1. The van der Waals surface area contributed by atoms with Crippen LogP contribution in [0.5, 0.6) is 0 Å². The number of thiophene rings is 1. The molecule has 3 aromatic rings. The van der Waals surface area contributed by atoms with E-state index in [0.29, 0.717) is 31.4 Å². The Hall–Kier alpha value is -2.84. The highest BCUT2D eigenvalue weighted by Gasteiger charge is 2.25. The normalized spacial score (nSPS) is 16.9. The van der Waals surface area contributed by atoms with Crippen molar-refractivity contribution in [3.63, 3.8) is 0 Å². The Balaban J connectivity index is 1.55. The van der Waals surface area contributed by atoms with Gasteiger partial charge in [-0.1, -0.05) is 32.9 Å². The Morgan fingerprint density at radius 3 is 2.53 bits per heavy atom. The second kappa shape index (κ2) is 8.60. The lowest BCUT2D eigenvalue weighted by atomic mass is 9.95. The van der Waals surface area contributed by atoms with Gasteiger partial charge in [0.2, 0.25) is 5.95 Å². The zero-order chi connectivity index (χ0) is 23.0. The summed E-state index contributed by atoms with van der Waals surface area (Å²) in [5.74, 6) is 0.951. The minimum absolute atomic E-state index is 0.0821. The van der Waals surface area contributed by atoms with Crippen molar-refractivity contribution in [1.29, 1.82) is 0 Å². The highest BCUT2D eigenvalue weighted by atomic mass is 32.1. The Morgan fingerprint density at radius 2 is 1.91 bits per heavy atom. The van der Waals surface area contributed by atoms with E-state index in [1.807, 2.05) is 43.0 Å². The van der Waals surface area contributed by atoms with Gasteiger partial charge in [-0.2, -0.15) is 9.97 Å². The van der Waals surface area contributed by atoms with Crippen molar-refractivity contribution < 1.29 is 5.11 Å². The van der Waals surface area contributed by atoms with Crippen molar-refractivity contribution >= 4 is 22.9 Å². The number of pyridine rings is 1. The van der Waals surface area contributed by atoms with Gasteiger partial charge in [0.25, 0.3) is 0 Å². The van der Waals surface area contributed by atoms with Gasteiger partial charge >= 0.3 is 5.69 Å². The van der Waals surface area contributed by atoms with Gasteiger partial charge in [0.1, 0.15) is 5.82 Å². The third kappa shape index (κ3) is 4.66. The quantitative estimate of drug-likeness (QED) is 0.655. The zero-order valence-electron chi connectivity index (χ0n) is 19.2. The average molecular weight is 452 g/mol. The van der Waals surface area contributed by atoms with E-state index >= 15 is 0 Å². The smallest absolute Gasteiger partial charge is 0.352 e. The molecule has 1 N–H and O–H groups in total. The topological polar surface area (TPSA) is 84.1 Å². The van der Waals surface area contributed by atoms with Crippen molar-refractivity contribution in [2.45, 2.75) is 52.7 Å². The van der Waals surface area contributed by atoms with Crippen LogP contribution in [0.3, 0.4) is 0 Å². The van der Waals surface area contributed by atoms with Crippen molar-refractivity contribution in [2.24, 2.45) is 0 Å². The van der Waals surface area contributed by atoms with Gasteiger partial charge in [0.15, 0.2) is 0 Å². The zero-order valence-corrected chi connectivity index (χ0v) is 20.0. The predicted octanol–water partition coefficient (Wildman–Crippen LogP) is 3.32. The van der Waals surface area contributed by atoms with Crippen molar-refractivity contribution in [3.05, 3.63) is 73.9 Å². The minimum atomic E-state index is -0.730.